The number of unbranched alkanes of at least 4 members (excludes halogenated alkanes) is 27. The Kier molecular flexibility index (Phi) is 55.7. The van der Waals surface area contributed by atoms with E-state index in [1.54, 1.807) is 0 Å². The van der Waals surface area contributed by atoms with Gasteiger partial charge in [0.15, 0.2) is 12.2 Å². The first kappa shape index (κ1) is 84.1. The lowest BCUT2D eigenvalue weighted by atomic mass is 9.99. The molecule has 0 rings (SSSR count). The average Bonchev–Trinajstić information content (AvgIpc) is 3.58. The Labute approximate surface area is 524 Å². The van der Waals surface area contributed by atoms with E-state index in [1.165, 1.54) is 116 Å². The summed E-state index contributed by atoms with van der Waals surface area (Å²) in [6.07, 6.45) is 37.5. The molecule has 8 atom stereocenters. The molecule has 0 aromatic heterocycles. The topological polar surface area (TPSA) is 237 Å². The Morgan fingerprint density at radius 2 is 0.558 bits per heavy atom. The van der Waals surface area contributed by atoms with Gasteiger partial charge in [-0.15, -0.1) is 0 Å². The average molecular weight is 1270 g/mol. The molecule has 5 unspecified atom stereocenters. The number of rotatable bonds is 64. The molecule has 3 N–H and O–H groups in total. The Hall–Kier alpha value is -1.94. The smallest absolute Gasteiger partial charge is 0.462 e. The molecule has 0 aliphatic rings. The normalized spacial score (nSPS) is 15.3. The van der Waals surface area contributed by atoms with Crippen molar-refractivity contribution in [3.63, 3.8) is 0 Å². The van der Waals surface area contributed by atoms with Crippen molar-refractivity contribution >= 4 is 39.5 Å². The van der Waals surface area contributed by atoms with Crippen molar-refractivity contribution in [2.24, 2.45) is 23.7 Å². The number of carbonyl (C=O) groups excluding carboxylic acids is 4. The van der Waals surface area contributed by atoms with Crippen molar-refractivity contribution in [2.45, 2.75) is 343 Å². The molecule has 0 aliphatic carbocycles. The van der Waals surface area contributed by atoms with Gasteiger partial charge in [-0.05, 0) is 49.4 Å². The van der Waals surface area contributed by atoms with Gasteiger partial charge in [0.05, 0.1) is 26.4 Å². The maximum absolute atomic E-state index is 13.0. The highest BCUT2D eigenvalue weighted by molar-refractivity contribution is 7.47. The number of hydrogen-bond donors (Lipinski definition) is 3. The lowest BCUT2D eigenvalue weighted by Crippen LogP contribution is -2.30. The predicted molar refractivity (Wildman–Crippen MR) is 344 cm³/mol. The van der Waals surface area contributed by atoms with Crippen LogP contribution in [0.3, 0.4) is 0 Å². The van der Waals surface area contributed by atoms with Gasteiger partial charge in [0.1, 0.15) is 19.3 Å². The fourth-order valence-corrected chi connectivity index (χ4v) is 11.4. The molecule has 0 saturated carbocycles. The number of phosphoric ester groups is 2. The summed E-state index contributed by atoms with van der Waals surface area (Å²) in [5.74, 6) is 0.872. The minimum absolute atomic E-state index is 0.103. The molecule has 17 nitrogen and oxygen atoms in total. The SMILES string of the molecule is CCC(C)CCCCCCCCCCCCC(=O)O[C@H](COC(=O)CCCCCCCCCC(C)C)COP(=O)(O)OC[C@@H](O)COP(=O)(O)OC[C@@H](COC(=O)CCCCCCCCC(C)CC)OC(=O)CCCCCCCCCCC(C)CC. The van der Waals surface area contributed by atoms with Gasteiger partial charge in [-0.3, -0.25) is 37.3 Å². The van der Waals surface area contributed by atoms with Crippen molar-refractivity contribution < 1.29 is 80.2 Å². The molecule has 0 saturated heterocycles. The molecule has 0 bridgehead atoms. The summed E-state index contributed by atoms with van der Waals surface area (Å²) in [6, 6.07) is 0. The maximum atomic E-state index is 13.0. The second-order valence-corrected chi connectivity index (χ2v) is 28.3. The molecule has 510 valence electrons. The van der Waals surface area contributed by atoms with Crippen molar-refractivity contribution in [3.05, 3.63) is 0 Å². The first-order valence-electron chi connectivity index (χ1n) is 34.8. The molecular weight excluding hydrogens is 1140 g/mol. The quantitative estimate of drug-likeness (QED) is 0.0222. The standard InChI is InChI=1S/C67H130O17P2/c1-9-58(6)44-36-28-20-14-12-13-15-22-33-41-49-66(71)83-62(53-77-64(69)47-39-31-24-18-19-27-35-43-57(4)5)55-81-85(73,74)79-51-61(68)52-80-86(75,76)82-56-63(54-78-65(70)48-40-32-26-25-30-38-46-60(8)11-3)84-67(72)50-42-34-23-17-16-21-29-37-45-59(7)10-2/h57-63,68H,9-56H2,1-8H3,(H,73,74)(H,75,76)/t58?,59?,60?,61-,62-,63-/m1/s1. The molecule has 19 heteroatoms. The summed E-state index contributed by atoms with van der Waals surface area (Å²) < 4.78 is 68.1. The van der Waals surface area contributed by atoms with Gasteiger partial charge in [-0.25, -0.2) is 9.13 Å². The highest BCUT2D eigenvalue weighted by Gasteiger charge is 2.30. The number of hydrogen-bond acceptors (Lipinski definition) is 15. The van der Waals surface area contributed by atoms with Gasteiger partial charge < -0.3 is 33.8 Å². The summed E-state index contributed by atoms with van der Waals surface area (Å²) in [7, 11) is -9.90. The first-order valence-corrected chi connectivity index (χ1v) is 37.8. The van der Waals surface area contributed by atoms with E-state index in [1.807, 2.05) is 0 Å². The molecular formula is C67H130O17P2. The van der Waals surface area contributed by atoms with E-state index < -0.39 is 97.5 Å². The zero-order valence-electron chi connectivity index (χ0n) is 55.9. The third kappa shape index (κ3) is 57.2. The van der Waals surface area contributed by atoms with E-state index in [9.17, 15) is 43.2 Å². The van der Waals surface area contributed by atoms with Crippen LogP contribution in [0.2, 0.25) is 0 Å². The summed E-state index contributed by atoms with van der Waals surface area (Å²) in [6.45, 7) is 14.0. The third-order valence-electron chi connectivity index (χ3n) is 16.4. The van der Waals surface area contributed by atoms with Crippen LogP contribution >= 0.6 is 15.6 Å². The van der Waals surface area contributed by atoms with Crippen LogP contribution in [0.1, 0.15) is 325 Å². The Balaban J connectivity index is 5.27. The minimum Gasteiger partial charge on any atom is -0.462 e. The van der Waals surface area contributed by atoms with Crippen molar-refractivity contribution in [1.29, 1.82) is 0 Å². The van der Waals surface area contributed by atoms with Gasteiger partial charge >= 0.3 is 39.5 Å². The van der Waals surface area contributed by atoms with E-state index in [-0.39, 0.29) is 25.7 Å². The van der Waals surface area contributed by atoms with Crippen LogP contribution in [0.5, 0.6) is 0 Å². The molecule has 0 aromatic rings. The first-order chi connectivity index (χ1) is 41.2. The zero-order valence-corrected chi connectivity index (χ0v) is 57.7. The maximum Gasteiger partial charge on any atom is 0.472 e. The molecule has 0 fully saturated rings. The van der Waals surface area contributed by atoms with Crippen molar-refractivity contribution in [1.82, 2.24) is 0 Å². The van der Waals surface area contributed by atoms with E-state index in [4.69, 9.17) is 37.0 Å². The number of phosphoric acid groups is 2. The van der Waals surface area contributed by atoms with Crippen LogP contribution in [0.15, 0.2) is 0 Å². The van der Waals surface area contributed by atoms with Gasteiger partial charge in [0.2, 0.25) is 0 Å². The highest BCUT2D eigenvalue weighted by atomic mass is 31.2. The molecule has 0 amide bonds. The Bertz CT molecular complexity index is 1720. The molecule has 0 aliphatic heterocycles. The number of aliphatic hydroxyl groups is 1. The predicted octanol–water partition coefficient (Wildman–Crippen LogP) is 18.5. The lowest BCUT2D eigenvalue weighted by Gasteiger charge is -2.21. The summed E-state index contributed by atoms with van der Waals surface area (Å²) >= 11 is 0. The zero-order chi connectivity index (χ0) is 63.9. The molecule has 0 radical (unpaired) electrons. The van der Waals surface area contributed by atoms with E-state index in [0.717, 1.165) is 120 Å². The van der Waals surface area contributed by atoms with Gasteiger partial charge in [-0.1, -0.05) is 274 Å². The minimum atomic E-state index is -4.95. The van der Waals surface area contributed by atoms with E-state index in [2.05, 4.69) is 55.4 Å². The fourth-order valence-electron chi connectivity index (χ4n) is 9.86. The monoisotopic (exact) mass is 1270 g/mol. The number of aliphatic hydroxyl groups excluding tert-OH is 1. The Morgan fingerprint density at radius 1 is 0.326 bits per heavy atom. The van der Waals surface area contributed by atoms with Crippen molar-refractivity contribution in [2.75, 3.05) is 39.6 Å². The van der Waals surface area contributed by atoms with E-state index in [0.29, 0.717) is 31.6 Å². The van der Waals surface area contributed by atoms with Crippen molar-refractivity contribution in [3.8, 4) is 0 Å². The lowest BCUT2D eigenvalue weighted by molar-refractivity contribution is -0.161. The second-order valence-electron chi connectivity index (χ2n) is 25.4. The summed E-state index contributed by atoms with van der Waals surface area (Å²) in [4.78, 5) is 72.4. The largest absolute Gasteiger partial charge is 0.472 e. The summed E-state index contributed by atoms with van der Waals surface area (Å²) in [5.41, 5.74) is 0. The molecule has 0 heterocycles. The molecule has 0 spiro atoms. The van der Waals surface area contributed by atoms with Gasteiger partial charge in [0, 0.05) is 25.7 Å². The van der Waals surface area contributed by atoms with Crippen LogP contribution < -0.4 is 0 Å². The fraction of sp³-hybridized carbons (Fsp3) is 0.940. The van der Waals surface area contributed by atoms with Crippen LogP contribution in [-0.4, -0.2) is 96.7 Å². The van der Waals surface area contributed by atoms with Crippen LogP contribution in [-0.2, 0) is 65.4 Å². The second kappa shape index (κ2) is 57.0. The van der Waals surface area contributed by atoms with Gasteiger partial charge in [-0.2, -0.15) is 0 Å². The molecule has 86 heavy (non-hydrogen) atoms. The number of ether oxygens (including phenoxy) is 4. The Morgan fingerprint density at radius 3 is 0.826 bits per heavy atom. The number of esters is 4. The number of carbonyl (C=O) groups is 4. The van der Waals surface area contributed by atoms with E-state index >= 15 is 0 Å². The van der Waals surface area contributed by atoms with Crippen LogP contribution in [0.4, 0.5) is 0 Å². The molecule has 0 aromatic carbocycles. The van der Waals surface area contributed by atoms with Gasteiger partial charge in [0.25, 0.3) is 0 Å². The van der Waals surface area contributed by atoms with Crippen LogP contribution in [0, 0.1) is 23.7 Å². The van der Waals surface area contributed by atoms with Crippen LogP contribution in [0.25, 0.3) is 0 Å². The summed E-state index contributed by atoms with van der Waals surface area (Å²) in [5, 5.41) is 10.6. The third-order valence-corrected chi connectivity index (χ3v) is 18.3. The highest BCUT2D eigenvalue weighted by Crippen LogP contribution is 2.45.